The number of guanidine groups is 1. The molecule has 0 aromatic rings. The molecule has 1 aliphatic carbocycles. The summed E-state index contributed by atoms with van der Waals surface area (Å²) < 4.78 is 0. The summed E-state index contributed by atoms with van der Waals surface area (Å²) in [5, 5.41) is 3.31. The van der Waals surface area contributed by atoms with Gasteiger partial charge in [0.2, 0.25) is 5.96 Å². The number of nitrogens with one attached hydrogen (secondary N) is 2. The Morgan fingerprint density at radius 2 is 2.00 bits per heavy atom. The number of hydrazine groups is 1. The van der Waals surface area contributed by atoms with Gasteiger partial charge in [0, 0.05) is 13.1 Å². The average molecular weight is 198 g/mol. The van der Waals surface area contributed by atoms with Crippen molar-refractivity contribution in [1.82, 2.24) is 10.7 Å². The zero-order valence-corrected chi connectivity index (χ0v) is 9.21. The first-order valence-corrected chi connectivity index (χ1v) is 5.50. The summed E-state index contributed by atoms with van der Waals surface area (Å²) in [6.07, 6.45) is 6.44. The molecule has 1 aliphatic rings. The van der Waals surface area contributed by atoms with E-state index in [-0.39, 0.29) is 0 Å². The maximum Gasteiger partial charge on any atom is 0.205 e. The quantitative estimate of drug-likeness (QED) is 0.268. The number of nitrogens with zero attached hydrogens (tertiary/aromatic N) is 1. The predicted molar refractivity (Wildman–Crippen MR) is 59.9 cm³/mol. The number of nitrogens with two attached hydrogens (primary N) is 1. The molecule has 0 aromatic heterocycles. The molecule has 0 atom stereocenters. The molecule has 0 saturated heterocycles. The summed E-state index contributed by atoms with van der Waals surface area (Å²) in [6.45, 7) is 2.28. The van der Waals surface area contributed by atoms with E-state index in [4.69, 9.17) is 5.84 Å². The fourth-order valence-electron chi connectivity index (χ4n) is 2.08. The van der Waals surface area contributed by atoms with Gasteiger partial charge in [0.25, 0.3) is 0 Å². The Balaban J connectivity index is 2.28. The summed E-state index contributed by atoms with van der Waals surface area (Å²) in [6, 6.07) is 0.549. The molecule has 0 bridgehead atoms. The molecule has 82 valence electrons. The molecule has 4 heteroatoms. The van der Waals surface area contributed by atoms with Crippen LogP contribution in [0, 0.1) is 5.92 Å². The highest BCUT2D eigenvalue weighted by molar-refractivity contribution is 5.79. The van der Waals surface area contributed by atoms with Crippen LogP contribution in [0.3, 0.4) is 0 Å². The third kappa shape index (κ3) is 3.18. The Bertz CT molecular complexity index is 183. The van der Waals surface area contributed by atoms with Crippen molar-refractivity contribution in [3.05, 3.63) is 0 Å². The van der Waals surface area contributed by atoms with E-state index in [2.05, 4.69) is 22.7 Å². The zero-order valence-electron chi connectivity index (χ0n) is 9.21. The summed E-state index contributed by atoms with van der Waals surface area (Å²) in [7, 11) is 1.74. The van der Waals surface area contributed by atoms with Crippen LogP contribution in [0.25, 0.3) is 0 Å². The maximum absolute atomic E-state index is 5.31. The molecule has 0 aromatic carbocycles. The van der Waals surface area contributed by atoms with E-state index in [9.17, 15) is 0 Å². The van der Waals surface area contributed by atoms with Crippen LogP contribution in [0.5, 0.6) is 0 Å². The molecule has 0 radical (unpaired) electrons. The minimum absolute atomic E-state index is 0.549. The maximum atomic E-state index is 5.31. The summed E-state index contributed by atoms with van der Waals surface area (Å²) in [4.78, 5) is 4.01. The largest absolute Gasteiger partial charge is 0.353 e. The fraction of sp³-hybridized carbons (Fsp3) is 0.900. The van der Waals surface area contributed by atoms with E-state index in [1.165, 1.54) is 32.1 Å². The van der Waals surface area contributed by atoms with E-state index in [1.807, 2.05) is 0 Å². The van der Waals surface area contributed by atoms with Gasteiger partial charge in [-0.1, -0.05) is 13.3 Å². The summed E-state index contributed by atoms with van der Waals surface area (Å²) in [5.74, 6) is 6.94. The third-order valence-electron chi connectivity index (χ3n) is 3.13. The monoisotopic (exact) mass is 198 g/mol. The van der Waals surface area contributed by atoms with Gasteiger partial charge in [0.1, 0.15) is 0 Å². The van der Waals surface area contributed by atoms with Crippen molar-refractivity contribution < 1.29 is 0 Å². The van der Waals surface area contributed by atoms with Gasteiger partial charge in [-0.05, 0) is 31.6 Å². The minimum Gasteiger partial charge on any atom is -0.353 e. The van der Waals surface area contributed by atoms with Crippen molar-refractivity contribution in [2.45, 2.75) is 45.1 Å². The van der Waals surface area contributed by atoms with Crippen LogP contribution in [-0.4, -0.2) is 19.0 Å². The SMILES string of the molecule is CCC1CCC(NC(=NC)NN)CC1. The standard InChI is InChI=1S/C10H22N4/c1-3-8-4-6-9(7-5-8)13-10(12-2)14-11/h8-9H,3-7,11H2,1-2H3,(H2,12,13,14). The zero-order chi connectivity index (χ0) is 10.4. The van der Waals surface area contributed by atoms with Crippen LogP contribution >= 0.6 is 0 Å². The van der Waals surface area contributed by atoms with Crippen molar-refractivity contribution in [1.29, 1.82) is 0 Å². The Morgan fingerprint density at radius 3 is 2.43 bits per heavy atom. The van der Waals surface area contributed by atoms with E-state index in [0.29, 0.717) is 12.0 Å². The van der Waals surface area contributed by atoms with Crippen LogP contribution in [-0.2, 0) is 0 Å². The van der Waals surface area contributed by atoms with Gasteiger partial charge in [0.05, 0.1) is 0 Å². The minimum atomic E-state index is 0.549. The molecule has 0 aliphatic heterocycles. The normalized spacial score (nSPS) is 28.6. The second kappa shape index (κ2) is 5.86. The Hall–Kier alpha value is -0.770. The summed E-state index contributed by atoms with van der Waals surface area (Å²) in [5.41, 5.74) is 2.56. The van der Waals surface area contributed by atoms with Gasteiger partial charge in [-0.25, -0.2) is 5.84 Å². The summed E-state index contributed by atoms with van der Waals surface area (Å²) >= 11 is 0. The second-order valence-electron chi connectivity index (χ2n) is 3.99. The van der Waals surface area contributed by atoms with Gasteiger partial charge in [-0.2, -0.15) is 0 Å². The second-order valence-corrected chi connectivity index (χ2v) is 3.99. The number of aliphatic imine (C=N–C) groups is 1. The Morgan fingerprint density at radius 1 is 1.36 bits per heavy atom. The molecule has 0 amide bonds. The molecule has 1 saturated carbocycles. The highest BCUT2D eigenvalue weighted by Gasteiger charge is 2.20. The van der Waals surface area contributed by atoms with Crippen molar-refractivity contribution in [2.24, 2.45) is 16.8 Å². The molecular weight excluding hydrogens is 176 g/mol. The van der Waals surface area contributed by atoms with Gasteiger partial charge in [0.15, 0.2) is 0 Å². The van der Waals surface area contributed by atoms with Gasteiger partial charge < -0.3 is 5.32 Å². The number of hydrogen-bond acceptors (Lipinski definition) is 2. The molecule has 0 heterocycles. The molecule has 1 rings (SSSR count). The van der Waals surface area contributed by atoms with Crippen molar-refractivity contribution in [3.8, 4) is 0 Å². The number of hydrogen-bond donors (Lipinski definition) is 3. The average Bonchev–Trinajstić information content (AvgIpc) is 2.26. The topological polar surface area (TPSA) is 62.4 Å². The highest BCUT2D eigenvalue weighted by Crippen LogP contribution is 2.26. The first kappa shape index (κ1) is 11.3. The molecule has 0 spiro atoms. The van der Waals surface area contributed by atoms with Gasteiger partial charge in [-0.15, -0.1) is 0 Å². The molecule has 1 fully saturated rings. The Labute approximate surface area is 86.3 Å². The lowest BCUT2D eigenvalue weighted by Gasteiger charge is -2.29. The predicted octanol–water partition coefficient (Wildman–Crippen LogP) is 0.994. The van der Waals surface area contributed by atoms with E-state index in [1.54, 1.807) is 7.05 Å². The number of rotatable bonds is 2. The first-order valence-electron chi connectivity index (χ1n) is 5.50. The molecule has 4 nitrogen and oxygen atoms in total. The lowest BCUT2D eigenvalue weighted by atomic mass is 9.85. The lowest BCUT2D eigenvalue weighted by Crippen LogP contribution is -2.47. The molecular formula is C10H22N4. The fourth-order valence-corrected chi connectivity index (χ4v) is 2.08. The van der Waals surface area contributed by atoms with Gasteiger partial charge >= 0.3 is 0 Å². The van der Waals surface area contributed by atoms with Crippen LogP contribution in [0.1, 0.15) is 39.0 Å². The van der Waals surface area contributed by atoms with Crippen LogP contribution in [0.4, 0.5) is 0 Å². The van der Waals surface area contributed by atoms with Crippen molar-refractivity contribution >= 4 is 5.96 Å². The van der Waals surface area contributed by atoms with Crippen LogP contribution < -0.4 is 16.6 Å². The smallest absolute Gasteiger partial charge is 0.205 e. The molecule has 4 N–H and O–H groups in total. The van der Waals surface area contributed by atoms with E-state index < -0.39 is 0 Å². The Kier molecular flexibility index (Phi) is 4.73. The van der Waals surface area contributed by atoms with E-state index >= 15 is 0 Å². The highest BCUT2D eigenvalue weighted by atomic mass is 15.3. The van der Waals surface area contributed by atoms with Crippen LogP contribution in [0.15, 0.2) is 4.99 Å². The van der Waals surface area contributed by atoms with E-state index in [0.717, 1.165) is 5.92 Å². The van der Waals surface area contributed by atoms with Gasteiger partial charge in [-0.3, -0.25) is 10.4 Å². The van der Waals surface area contributed by atoms with Crippen molar-refractivity contribution in [2.75, 3.05) is 7.05 Å². The first-order chi connectivity index (χ1) is 6.80. The molecule has 0 unspecified atom stereocenters. The molecule has 14 heavy (non-hydrogen) atoms. The van der Waals surface area contributed by atoms with Crippen molar-refractivity contribution in [3.63, 3.8) is 0 Å². The van der Waals surface area contributed by atoms with Crippen LogP contribution in [0.2, 0.25) is 0 Å². The lowest BCUT2D eigenvalue weighted by molar-refractivity contribution is 0.304. The third-order valence-corrected chi connectivity index (χ3v) is 3.13.